The second-order valence-electron chi connectivity index (χ2n) is 5.34. The summed E-state index contributed by atoms with van der Waals surface area (Å²) in [6.07, 6.45) is -0.0314. The predicted octanol–water partition coefficient (Wildman–Crippen LogP) is 5.69. The summed E-state index contributed by atoms with van der Waals surface area (Å²) in [7, 11) is 0. The Balaban J connectivity index is 2.55. The fourth-order valence-corrected chi connectivity index (χ4v) is 2.27. The highest BCUT2D eigenvalue weighted by Gasteiger charge is 2.59. The molecule has 0 N–H and O–H groups in total. The minimum absolute atomic E-state index is 0.0132. The number of aliphatic imine (C=N–C) groups is 1. The monoisotopic (exact) mass is 335 g/mol. The van der Waals surface area contributed by atoms with E-state index < -0.39 is 17.9 Å². The Morgan fingerprint density at radius 3 is 1.96 bits per heavy atom. The molecule has 0 saturated heterocycles. The van der Waals surface area contributed by atoms with E-state index in [0.29, 0.717) is 5.56 Å². The van der Waals surface area contributed by atoms with Gasteiger partial charge in [0.25, 0.3) is 0 Å². The van der Waals surface area contributed by atoms with Crippen molar-refractivity contribution in [1.29, 1.82) is 0 Å². The van der Waals surface area contributed by atoms with Crippen molar-refractivity contribution in [1.82, 2.24) is 0 Å². The minimum atomic E-state index is -4.41. The summed E-state index contributed by atoms with van der Waals surface area (Å²) in [5.74, 6) is -8.79. The first-order valence-corrected chi connectivity index (χ1v) is 7.33. The molecular formula is C19H17F4N. The molecule has 1 nitrogen and oxygen atoms in total. The van der Waals surface area contributed by atoms with Crippen molar-refractivity contribution < 1.29 is 17.6 Å². The molecule has 0 aliphatic rings. The van der Waals surface area contributed by atoms with Gasteiger partial charge in [0.1, 0.15) is 6.04 Å². The summed E-state index contributed by atoms with van der Waals surface area (Å²) in [6, 6.07) is 13.9. The van der Waals surface area contributed by atoms with Gasteiger partial charge in [0, 0.05) is 5.71 Å². The Hall–Kier alpha value is -2.43. The Labute approximate surface area is 138 Å². The summed E-state index contributed by atoms with van der Waals surface area (Å²) in [6.45, 7) is 4.35. The van der Waals surface area contributed by atoms with E-state index in [9.17, 15) is 17.6 Å². The molecule has 0 fully saturated rings. The second kappa shape index (κ2) is 6.99. The van der Waals surface area contributed by atoms with Crippen LogP contribution in [0.25, 0.3) is 0 Å². The molecular weight excluding hydrogens is 318 g/mol. The van der Waals surface area contributed by atoms with Crippen LogP contribution in [0.2, 0.25) is 0 Å². The number of halogens is 4. The Morgan fingerprint density at radius 2 is 1.46 bits per heavy atom. The molecule has 0 heterocycles. The molecule has 0 radical (unpaired) electrons. The van der Waals surface area contributed by atoms with Gasteiger partial charge in [0.05, 0.1) is 0 Å². The zero-order valence-corrected chi connectivity index (χ0v) is 13.1. The average molecular weight is 335 g/mol. The quantitative estimate of drug-likeness (QED) is 0.365. The first-order chi connectivity index (χ1) is 11.3. The topological polar surface area (TPSA) is 12.4 Å². The van der Waals surface area contributed by atoms with Crippen LogP contribution in [0.3, 0.4) is 0 Å². The van der Waals surface area contributed by atoms with Crippen molar-refractivity contribution in [2.45, 2.75) is 24.8 Å². The predicted molar refractivity (Wildman–Crippen MR) is 87.9 cm³/mol. The normalized spacial score (nSPS) is 14.3. The minimum Gasteiger partial charge on any atom is -0.275 e. The van der Waals surface area contributed by atoms with E-state index in [4.69, 9.17) is 0 Å². The maximum absolute atomic E-state index is 14.5. The summed E-state index contributed by atoms with van der Waals surface area (Å²) in [4.78, 5) is 3.94. The average Bonchev–Trinajstić information content (AvgIpc) is 2.60. The highest BCUT2D eigenvalue weighted by atomic mass is 19.3. The van der Waals surface area contributed by atoms with Crippen molar-refractivity contribution in [3.05, 3.63) is 84.4 Å². The zero-order chi connectivity index (χ0) is 17.8. The maximum atomic E-state index is 14.5. The SMILES string of the molecule is C=CC(F)(F)C(F)(F)[C@@H](N=C(C)c1ccccc1)c1ccccc1. The van der Waals surface area contributed by atoms with Crippen molar-refractivity contribution in [2.24, 2.45) is 4.99 Å². The molecule has 24 heavy (non-hydrogen) atoms. The Morgan fingerprint density at radius 1 is 0.958 bits per heavy atom. The van der Waals surface area contributed by atoms with Crippen LogP contribution in [-0.4, -0.2) is 17.6 Å². The molecule has 0 aliphatic heterocycles. The van der Waals surface area contributed by atoms with E-state index in [1.54, 1.807) is 36.4 Å². The fraction of sp³-hybridized carbons (Fsp3) is 0.211. The van der Waals surface area contributed by atoms with Crippen molar-refractivity contribution in [3.8, 4) is 0 Å². The Kier molecular flexibility index (Phi) is 5.22. The van der Waals surface area contributed by atoms with Gasteiger partial charge in [-0.2, -0.15) is 17.6 Å². The summed E-state index contributed by atoms with van der Waals surface area (Å²) in [5, 5.41) is 0. The van der Waals surface area contributed by atoms with Gasteiger partial charge in [-0.15, -0.1) is 0 Å². The fourth-order valence-electron chi connectivity index (χ4n) is 2.27. The molecule has 2 aromatic carbocycles. The highest BCUT2D eigenvalue weighted by Crippen LogP contribution is 2.46. The van der Waals surface area contributed by atoms with Crippen molar-refractivity contribution in [3.63, 3.8) is 0 Å². The van der Waals surface area contributed by atoms with Gasteiger partial charge in [-0.3, -0.25) is 4.99 Å². The number of allylic oxidation sites excluding steroid dienone is 1. The molecule has 0 unspecified atom stereocenters. The van der Waals surface area contributed by atoms with Crippen LogP contribution < -0.4 is 0 Å². The van der Waals surface area contributed by atoms with Gasteiger partial charge >= 0.3 is 11.8 Å². The van der Waals surface area contributed by atoms with Gasteiger partial charge in [-0.1, -0.05) is 67.2 Å². The second-order valence-corrected chi connectivity index (χ2v) is 5.34. The lowest BCUT2D eigenvalue weighted by molar-refractivity contribution is -0.192. The van der Waals surface area contributed by atoms with Gasteiger partial charge in [0.2, 0.25) is 0 Å². The molecule has 1 atom stereocenters. The number of alkyl halides is 4. The molecule has 0 aliphatic carbocycles. The largest absolute Gasteiger partial charge is 0.339 e. The van der Waals surface area contributed by atoms with Gasteiger partial charge < -0.3 is 0 Å². The van der Waals surface area contributed by atoms with Crippen molar-refractivity contribution >= 4 is 5.71 Å². The van der Waals surface area contributed by atoms with Gasteiger partial charge in [0.15, 0.2) is 0 Å². The van der Waals surface area contributed by atoms with Crippen LogP contribution in [0.15, 0.2) is 78.3 Å². The third-order valence-corrected chi connectivity index (χ3v) is 3.67. The van der Waals surface area contributed by atoms with Crippen LogP contribution in [0.4, 0.5) is 17.6 Å². The molecule has 2 rings (SSSR count). The zero-order valence-electron chi connectivity index (χ0n) is 13.1. The maximum Gasteiger partial charge on any atom is 0.339 e. The van der Waals surface area contributed by atoms with Crippen LogP contribution in [0, 0.1) is 0 Å². The number of nitrogens with zero attached hydrogens (tertiary/aromatic N) is 1. The molecule has 0 spiro atoms. The summed E-state index contributed by atoms with van der Waals surface area (Å²) >= 11 is 0. The van der Waals surface area contributed by atoms with E-state index in [1.807, 2.05) is 0 Å². The van der Waals surface area contributed by atoms with E-state index in [1.165, 1.54) is 31.2 Å². The van der Waals surface area contributed by atoms with Crippen LogP contribution in [0.1, 0.15) is 24.1 Å². The van der Waals surface area contributed by atoms with E-state index in [2.05, 4.69) is 11.6 Å². The number of hydrogen-bond acceptors (Lipinski definition) is 1. The summed E-state index contributed by atoms with van der Waals surface area (Å²) < 4.78 is 56.6. The smallest absolute Gasteiger partial charge is 0.275 e. The van der Waals surface area contributed by atoms with Gasteiger partial charge in [-0.05, 0) is 24.1 Å². The van der Waals surface area contributed by atoms with Crippen LogP contribution in [0.5, 0.6) is 0 Å². The number of rotatable bonds is 6. The molecule has 0 saturated carbocycles. The molecule has 2 aromatic rings. The molecule has 126 valence electrons. The lowest BCUT2D eigenvalue weighted by atomic mass is 9.95. The Bertz CT molecular complexity index is 709. The third kappa shape index (κ3) is 3.55. The molecule has 0 aromatic heterocycles. The van der Waals surface area contributed by atoms with E-state index >= 15 is 0 Å². The standard InChI is InChI=1S/C19H17F4N/c1-3-18(20,21)19(22,23)17(16-12-8-5-9-13-16)24-14(2)15-10-6-4-7-11-15/h3-13,17H,1H2,2H3/t17-/m0/s1. The summed E-state index contributed by atoms with van der Waals surface area (Å²) in [5.41, 5.74) is 0.861. The number of benzene rings is 2. The third-order valence-electron chi connectivity index (χ3n) is 3.67. The highest BCUT2D eigenvalue weighted by molar-refractivity contribution is 5.98. The molecule has 0 bridgehead atoms. The molecule has 0 amide bonds. The number of hydrogen-bond donors (Lipinski definition) is 0. The van der Waals surface area contributed by atoms with E-state index in [0.717, 1.165) is 0 Å². The lowest BCUT2D eigenvalue weighted by Gasteiger charge is -2.30. The van der Waals surface area contributed by atoms with E-state index in [-0.39, 0.29) is 17.4 Å². The molecule has 5 heteroatoms. The van der Waals surface area contributed by atoms with Crippen LogP contribution in [-0.2, 0) is 0 Å². The van der Waals surface area contributed by atoms with Crippen LogP contribution >= 0.6 is 0 Å². The van der Waals surface area contributed by atoms with Crippen molar-refractivity contribution in [2.75, 3.05) is 0 Å². The van der Waals surface area contributed by atoms with Gasteiger partial charge in [-0.25, -0.2) is 0 Å². The first-order valence-electron chi connectivity index (χ1n) is 7.33. The first kappa shape index (κ1) is 17.9. The lowest BCUT2D eigenvalue weighted by Crippen LogP contribution is -2.43.